The number of halogens is 2. The van der Waals surface area contributed by atoms with E-state index in [1.807, 2.05) is 18.3 Å². The molecule has 1 spiro atoms. The van der Waals surface area contributed by atoms with Crippen LogP contribution in [-0.4, -0.2) is 66.5 Å². The summed E-state index contributed by atoms with van der Waals surface area (Å²) in [7, 11) is 0. The molecule has 0 bridgehead atoms. The minimum Gasteiger partial charge on any atom is -0.322 e. The Morgan fingerprint density at radius 3 is 2.74 bits per heavy atom. The van der Waals surface area contributed by atoms with Crippen molar-refractivity contribution in [2.45, 2.75) is 56.7 Å². The van der Waals surface area contributed by atoms with Gasteiger partial charge in [0, 0.05) is 55.9 Å². The second kappa shape index (κ2) is 8.76. The molecule has 0 amide bonds. The van der Waals surface area contributed by atoms with Gasteiger partial charge in [0.1, 0.15) is 22.9 Å². The Morgan fingerprint density at radius 1 is 0.974 bits per heavy atom. The first-order valence-corrected chi connectivity index (χ1v) is 14.0. The standard InChI is InChI=1S/C29H30F2N8/c30-21-12-19(13-23-27(21)35-25-5-6-29(7-8-29)39(23)25)26-22(31)15-33-28(36-26)34-24-4-3-18(14-32-24)16-37-10-11-38-9-1-2-20(38)17-37/h3-4,12-15,20H,1-2,5-11,16-17H2,(H,32,33,34,36)/t20-/m1/s1. The number of benzene rings is 1. The lowest BCUT2D eigenvalue weighted by molar-refractivity contribution is 0.0993. The molecule has 1 atom stereocenters. The monoisotopic (exact) mass is 528 g/mol. The zero-order valence-corrected chi connectivity index (χ0v) is 21.7. The van der Waals surface area contributed by atoms with E-state index < -0.39 is 11.6 Å². The van der Waals surface area contributed by atoms with Crippen LogP contribution in [0.1, 0.15) is 43.5 Å². The van der Waals surface area contributed by atoms with Gasteiger partial charge in [-0.3, -0.25) is 9.80 Å². The average molecular weight is 529 g/mol. The first kappa shape index (κ1) is 23.4. The van der Waals surface area contributed by atoms with Crippen molar-refractivity contribution < 1.29 is 8.78 Å². The van der Waals surface area contributed by atoms with Gasteiger partial charge in [-0.25, -0.2) is 28.7 Å². The SMILES string of the molecule is Fc1cnc(Nc2ccc(CN3CCN4CCC[C@@H]4C3)cn2)nc1-c1cc(F)c2nc3n(c2c1)C1(CC3)CC1. The highest BCUT2D eigenvalue weighted by atomic mass is 19.1. The third-order valence-electron chi connectivity index (χ3n) is 9.06. The van der Waals surface area contributed by atoms with Crippen LogP contribution in [0.25, 0.3) is 22.3 Å². The van der Waals surface area contributed by atoms with Crippen LogP contribution in [0.2, 0.25) is 0 Å². The van der Waals surface area contributed by atoms with Crippen LogP contribution in [0.5, 0.6) is 0 Å². The second-order valence-electron chi connectivity index (χ2n) is 11.5. The highest BCUT2D eigenvalue weighted by Crippen LogP contribution is 2.53. The summed E-state index contributed by atoms with van der Waals surface area (Å²) in [5.74, 6) is 0.635. The number of aryl methyl sites for hydroxylation is 1. The van der Waals surface area contributed by atoms with Gasteiger partial charge in [0.15, 0.2) is 11.6 Å². The quantitative estimate of drug-likeness (QED) is 0.405. The summed E-state index contributed by atoms with van der Waals surface area (Å²) in [6.45, 7) is 5.45. The van der Waals surface area contributed by atoms with Crippen molar-refractivity contribution in [1.29, 1.82) is 0 Å². The number of piperazine rings is 1. The first-order chi connectivity index (χ1) is 19.0. The summed E-state index contributed by atoms with van der Waals surface area (Å²) in [5.41, 5.74) is 2.71. The number of pyridine rings is 1. The molecule has 4 aromatic rings. The molecule has 0 unspecified atom stereocenters. The highest BCUT2D eigenvalue weighted by molar-refractivity contribution is 5.83. The molecule has 3 aliphatic heterocycles. The highest BCUT2D eigenvalue weighted by Gasteiger charge is 2.50. The van der Waals surface area contributed by atoms with Gasteiger partial charge in [0.2, 0.25) is 5.95 Å². The van der Waals surface area contributed by atoms with Crippen LogP contribution in [0.15, 0.2) is 36.7 Å². The van der Waals surface area contributed by atoms with Crippen LogP contribution in [0, 0.1) is 11.6 Å². The normalized spacial score (nSPS) is 21.9. The summed E-state index contributed by atoms with van der Waals surface area (Å²) in [6.07, 6.45) is 9.63. The van der Waals surface area contributed by atoms with Gasteiger partial charge >= 0.3 is 0 Å². The molecule has 1 N–H and O–H groups in total. The van der Waals surface area contributed by atoms with Crippen molar-refractivity contribution in [2.75, 3.05) is 31.5 Å². The van der Waals surface area contributed by atoms with E-state index in [1.165, 1.54) is 25.5 Å². The molecule has 1 saturated carbocycles. The van der Waals surface area contributed by atoms with E-state index in [2.05, 4.69) is 45.7 Å². The van der Waals surface area contributed by atoms with Crippen molar-refractivity contribution in [1.82, 2.24) is 34.3 Å². The smallest absolute Gasteiger partial charge is 0.229 e. The van der Waals surface area contributed by atoms with Gasteiger partial charge in [0.25, 0.3) is 0 Å². The summed E-state index contributed by atoms with van der Waals surface area (Å²) in [5, 5.41) is 3.08. The van der Waals surface area contributed by atoms with Gasteiger partial charge in [-0.1, -0.05) is 6.07 Å². The number of aromatic nitrogens is 5. The molecule has 200 valence electrons. The molecular weight excluding hydrogens is 498 g/mol. The zero-order valence-electron chi connectivity index (χ0n) is 21.7. The van der Waals surface area contributed by atoms with Gasteiger partial charge in [0.05, 0.1) is 11.7 Å². The minimum absolute atomic E-state index is 0.0503. The Kier molecular flexibility index (Phi) is 5.25. The Hall–Kier alpha value is -3.50. The lowest BCUT2D eigenvalue weighted by atomic mass is 10.1. The topological polar surface area (TPSA) is 75.0 Å². The van der Waals surface area contributed by atoms with Gasteiger partial charge in [-0.2, -0.15) is 0 Å². The number of rotatable bonds is 5. The first-order valence-electron chi connectivity index (χ1n) is 14.0. The van der Waals surface area contributed by atoms with E-state index in [-0.39, 0.29) is 17.2 Å². The number of hydrogen-bond acceptors (Lipinski definition) is 7. The lowest BCUT2D eigenvalue weighted by Crippen LogP contribution is -2.49. The maximum atomic E-state index is 15.1. The van der Waals surface area contributed by atoms with Crippen molar-refractivity contribution in [3.8, 4) is 11.3 Å². The molecule has 3 aromatic heterocycles. The number of anilines is 2. The second-order valence-corrected chi connectivity index (χ2v) is 11.5. The summed E-state index contributed by atoms with van der Waals surface area (Å²) >= 11 is 0. The van der Waals surface area contributed by atoms with E-state index in [1.54, 1.807) is 0 Å². The summed E-state index contributed by atoms with van der Waals surface area (Å²) in [4.78, 5) is 22.7. The fourth-order valence-electron chi connectivity index (χ4n) is 6.89. The van der Waals surface area contributed by atoms with Crippen LogP contribution in [0.4, 0.5) is 20.5 Å². The van der Waals surface area contributed by atoms with E-state index in [9.17, 15) is 4.39 Å². The third-order valence-corrected chi connectivity index (χ3v) is 9.06. The van der Waals surface area contributed by atoms with Crippen molar-refractivity contribution in [3.63, 3.8) is 0 Å². The number of nitrogens with one attached hydrogen (secondary N) is 1. The molecule has 6 heterocycles. The van der Waals surface area contributed by atoms with E-state index in [0.29, 0.717) is 28.5 Å². The lowest BCUT2D eigenvalue weighted by Gasteiger charge is -2.37. The molecule has 8 rings (SSSR count). The molecular formula is C29H30F2N8. The Bertz CT molecular complexity index is 1580. The van der Waals surface area contributed by atoms with Gasteiger partial charge in [-0.05, 0) is 62.4 Å². The Labute approximate surface area is 225 Å². The molecule has 1 aromatic carbocycles. The van der Waals surface area contributed by atoms with Crippen molar-refractivity contribution in [3.05, 3.63) is 59.7 Å². The Morgan fingerprint density at radius 2 is 1.90 bits per heavy atom. The number of fused-ring (bicyclic) bond motifs is 5. The van der Waals surface area contributed by atoms with E-state index >= 15 is 4.39 Å². The van der Waals surface area contributed by atoms with E-state index in [0.717, 1.165) is 69.4 Å². The fourth-order valence-corrected chi connectivity index (χ4v) is 6.89. The molecule has 0 radical (unpaired) electrons. The number of hydrogen-bond donors (Lipinski definition) is 1. The molecule has 2 saturated heterocycles. The molecule has 4 aliphatic rings. The maximum Gasteiger partial charge on any atom is 0.229 e. The zero-order chi connectivity index (χ0) is 26.1. The molecule has 10 heteroatoms. The van der Waals surface area contributed by atoms with Crippen molar-refractivity contribution in [2.24, 2.45) is 0 Å². The molecule has 1 aliphatic carbocycles. The van der Waals surface area contributed by atoms with Crippen LogP contribution >= 0.6 is 0 Å². The predicted octanol–water partition coefficient (Wildman–Crippen LogP) is 4.63. The van der Waals surface area contributed by atoms with Crippen LogP contribution in [0.3, 0.4) is 0 Å². The van der Waals surface area contributed by atoms with Crippen LogP contribution < -0.4 is 5.32 Å². The molecule has 39 heavy (non-hydrogen) atoms. The summed E-state index contributed by atoms with van der Waals surface area (Å²) in [6, 6.07) is 7.77. The van der Waals surface area contributed by atoms with E-state index in [4.69, 9.17) is 0 Å². The molecule has 8 nitrogen and oxygen atoms in total. The number of nitrogens with zero attached hydrogens (tertiary/aromatic N) is 7. The average Bonchev–Trinajstić information content (AvgIpc) is 3.25. The Balaban J connectivity index is 1.02. The van der Waals surface area contributed by atoms with Gasteiger partial charge in [-0.15, -0.1) is 0 Å². The largest absolute Gasteiger partial charge is 0.322 e. The van der Waals surface area contributed by atoms with Crippen LogP contribution in [-0.2, 0) is 18.5 Å². The van der Waals surface area contributed by atoms with Crippen molar-refractivity contribution >= 4 is 22.8 Å². The minimum atomic E-state index is -0.604. The molecule has 3 fully saturated rings. The maximum absolute atomic E-state index is 15.1. The summed E-state index contributed by atoms with van der Waals surface area (Å²) < 4.78 is 32.2. The number of imidazole rings is 1. The third kappa shape index (κ3) is 4.00. The fraction of sp³-hybridized carbons (Fsp3) is 0.448. The van der Waals surface area contributed by atoms with Gasteiger partial charge < -0.3 is 9.88 Å². The predicted molar refractivity (Wildman–Crippen MR) is 144 cm³/mol.